The van der Waals surface area contributed by atoms with Gasteiger partial charge in [0.1, 0.15) is 5.75 Å². The van der Waals surface area contributed by atoms with E-state index in [1.165, 1.54) is 0 Å². The molecule has 0 heterocycles. The van der Waals surface area contributed by atoms with Crippen LogP contribution in [0.1, 0.15) is 25.0 Å². The Hall–Kier alpha value is -2.05. The molecule has 0 fully saturated rings. The maximum atomic E-state index is 12.4. The number of ether oxygens (including phenoxy) is 1. The van der Waals surface area contributed by atoms with Crippen LogP contribution < -0.4 is 15.2 Å². The van der Waals surface area contributed by atoms with Crippen molar-refractivity contribution in [1.82, 2.24) is 4.72 Å². The van der Waals surface area contributed by atoms with Gasteiger partial charge < -0.3 is 10.5 Å². The Morgan fingerprint density at radius 2 is 1.79 bits per heavy atom. The molecule has 130 valence electrons. The van der Waals surface area contributed by atoms with Crippen molar-refractivity contribution in [2.45, 2.75) is 38.2 Å². The lowest BCUT2D eigenvalue weighted by atomic mass is 10.1. The van der Waals surface area contributed by atoms with Gasteiger partial charge in [0, 0.05) is 12.2 Å². The second-order valence-electron chi connectivity index (χ2n) is 5.98. The van der Waals surface area contributed by atoms with Gasteiger partial charge in [-0.3, -0.25) is 0 Å². The number of sulfonamides is 1. The van der Waals surface area contributed by atoms with Gasteiger partial charge in [-0.1, -0.05) is 12.1 Å². The van der Waals surface area contributed by atoms with Crippen LogP contribution in [0.5, 0.6) is 5.75 Å². The van der Waals surface area contributed by atoms with E-state index < -0.39 is 10.0 Å². The molecule has 6 heteroatoms. The first kappa shape index (κ1) is 18.3. The van der Waals surface area contributed by atoms with Crippen molar-refractivity contribution in [3.63, 3.8) is 0 Å². The second-order valence-corrected chi connectivity index (χ2v) is 7.75. The minimum Gasteiger partial charge on any atom is -0.491 e. The number of nitrogens with two attached hydrogens (primary N) is 1. The maximum absolute atomic E-state index is 12.4. The van der Waals surface area contributed by atoms with Crippen LogP contribution in [0.3, 0.4) is 0 Å². The Labute approximate surface area is 143 Å². The Kier molecular flexibility index (Phi) is 5.85. The smallest absolute Gasteiger partial charge is 0.240 e. The van der Waals surface area contributed by atoms with E-state index in [2.05, 4.69) is 4.72 Å². The topological polar surface area (TPSA) is 81.4 Å². The fourth-order valence-corrected chi connectivity index (χ4v) is 3.39. The molecule has 0 aliphatic rings. The van der Waals surface area contributed by atoms with Crippen molar-refractivity contribution in [2.24, 2.45) is 0 Å². The van der Waals surface area contributed by atoms with Crippen LogP contribution in [0.15, 0.2) is 47.4 Å². The molecule has 0 aromatic heterocycles. The first-order chi connectivity index (χ1) is 11.3. The normalized spacial score (nSPS) is 11.7. The molecule has 2 rings (SSSR count). The standard InChI is InChI=1S/C18H24N2O3S/c1-13(2)23-18-9-8-17(12-14(18)3)24(21,22)20-11-10-15-4-6-16(19)7-5-15/h4-9,12-13,20H,10-11,19H2,1-3H3. The van der Waals surface area contributed by atoms with Gasteiger partial charge >= 0.3 is 0 Å². The van der Waals surface area contributed by atoms with Crippen LogP contribution in [-0.2, 0) is 16.4 Å². The number of hydrogen-bond donors (Lipinski definition) is 2. The zero-order valence-corrected chi connectivity index (χ0v) is 15.1. The van der Waals surface area contributed by atoms with Crippen LogP contribution in [0.25, 0.3) is 0 Å². The molecule has 0 saturated carbocycles. The van der Waals surface area contributed by atoms with Crippen molar-refractivity contribution in [3.8, 4) is 5.75 Å². The fourth-order valence-electron chi connectivity index (χ4n) is 2.27. The quantitative estimate of drug-likeness (QED) is 0.754. The lowest BCUT2D eigenvalue weighted by Gasteiger charge is -2.14. The molecule has 0 unspecified atom stereocenters. The molecule has 0 atom stereocenters. The van der Waals surface area contributed by atoms with Gasteiger partial charge in [-0.05, 0) is 68.7 Å². The van der Waals surface area contributed by atoms with E-state index in [1.54, 1.807) is 30.3 Å². The van der Waals surface area contributed by atoms with Gasteiger partial charge in [-0.15, -0.1) is 0 Å². The van der Waals surface area contributed by atoms with E-state index in [-0.39, 0.29) is 11.0 Å². The molecular weight excluding hydrogens is 324 g/mol. The van der Waals surface area contributed by atoms with E-state index in [0.29, 0.717) is 24.4 Å². The largest absolute Gasteiger partial charge is 0.491 e. The molecule has 0 radical (unpaired) electrons. The lowest BCUT2D eigenvalue weighted by Crippen LogP contribution is -2.26. The Morgan fingerprint density at radius 1 is 1.12 bits per heavy atom. The molecule has 5 nitrogen and oxygen atoms in total. The minimum absolute atomic E-state index is 0.0455. The fraction of sp³-hybridized carbons (Fsp3) is 0.333. The Balaban J connectivity index is 2.01. The van der Waals surface area contributed by atoms with Gasteiger partial charge in [-0.25, -0.2) is 13.1 Å². The van der Waals surface area contributed by atoms with Crippen molar-refractivity contribution < 1.29 is 13.2 Å². The highest BCUT2D eigenvalue weighted by Crippen LogP contribution is 2.22. The summed E-state index contributed by atoms with van der Waals surface area (Å²) in [7, 11) is -3.54. The van der Waals surface area contributed by atoms with Crippen molar-refractivity contribution >= 4 is 15.7 Å². The number of hydrogen-bond acceptors (Lipinski definition) is 4. The van der Waals surface area contributed by atoms with Gasteiger partial charge in [0.2, 0.25) is 10.0 Å². The summed E-state index contributed by atoms with van der Waals surface area (Å²) in [5, 5.41) is 0. The molecular formula is C18H24N2O3S. The summed E-state index contributed by atoms with van der Waals surface area (Å²) in [4.78, 5) is 0.244. The summed E-state index contributed by atoms with van der Waals surface area (Å²) < 4.78 is 33.0. The highest BCUT2D eigenvalue weighted by Gasteiger charge is 2.15. The van der Waals surface area contributed by atoms with Crippen LogP contribution in [0, 0.1) is 6.92 Å². The minimum atomic E-state index is -3.54. The number of aryl methyl sites for hydroxylation is 1. The molecule has 24 heavy (non-hydrogen) atoms. The summed E-state index contributed by atoms with van der Waals surface area (Å²) >= 11 is 0. The average molecular weight is 348 g/mol. The van der Waals surface area contributed by atoms with Gasteiger partial charge in [0.15, 0.2) is 0 Å². The van der Waals surface area contributed by atoms with E-state index in [0.717, 1.165) is 11.1 Å². The third-order valence-corrected chi connectivity index (χ3v) is 4.96. The lowest BCUT2D eigenvalue weighted by molar-refractivity contribution is 0.240. The number of anilines is 1. The first-order valence-corrected chi connectivity index (χ1v) is 9.37. The van der Waals surface area contributed by atoms with Gasteiger partial charge in [0.25, 0.3) is 0 Å². The highest BCUT2D eigenvalue weighted by molar-refractivity contribution is 7.89. The number of benzene rings is 2. The SMILES string of the molecule is Cc1cc(S(=O)(=O)NCCc2ccc(N)cc2)ccc1OC(C)C. The summed E-state index contributed by atoms with van der Waals surface area (Å²) in [6.07, 6.45) is 0.650. The Bertz CT molecular complexity index is 784. The maximum Gasteiger partial charge on any atom is 0.240 e. The molecule has 0 spiro atoms. The summed E-state index contributed by atoms with van der Waals surface area (Å²) in [6, 6.07) is 12.3. The van der Waals surface area contributed by atoms with E-state index in [1.807, 2.05) is 32.9 Å². The molecule has 2 aromatic carbocycles. The third kappa shape index (κ3) is 4.97. The van der Waals surface area contributed by atoms with Crippen LogP contribution in [0.4, 0.5) is 5.69 Å². The number of nitrogen functional groups attached to an aromatic ring is 1. The van der Waals surface area contributed by atoms with E-state index >= 15 is 0 Å². The van der Waals surface area contributed by atoms with Crippen molar-refractivity contribution in [1.29, 1.82) is 0 Å². The van der Waals surface area contributed by atoms with E-state index in [4.69, 9.17) is 10.5 Å². The van der Waals surface area contributed by atoms with Crippen LogP contribution in [-0.4, -0.2) is 21.1 Å². The average Bonchev–Trinajstić information content (AvgIpc) is 2.50. The van der Waals surface area contributed by atoms with Crippen molar-refractivity contribution in [2.75, 3.05) is 12.3 Å². The predicted octanol–water partition coefficient (Wildman–Crippen LogP) is 2.89. The second kappa shape index (κ2) is 7.68. The molecule has 2 aromatic rings. The predicted molar refractivity (Wildman–Crippen MR) is 96.7 cm³/mol. The van der Waals surface area contributed by atoms with Crippen LogP contribution in [0.2, 0.25) is 0 Å². The monoisotopic (exact) mass is 348 g/mol. The molecule has 0 bridgehead atoms. The van der Waals surface area contributed by atoms with E-state index in [9.17, 15) is 8.42 Å². The zero-order chi connectivity index (χ0) is 17.7. The third-order valence-electron chi connectivity index (χ3n) is 3.50. The molecule has 0 saturated heterocycles. The summed E-state index contributed by atoms with van der Waals surface area (Å²) in [5.74, 6) is 0.700. The summed E-state index contributed by atoms with van der Waals surface area (Å²) in [5.41, 5.74) is 8.16. The number of nitrogens with one attached hydrogen (secondary N) is 1. The summed E-state index contributed by atoms with van der Waals surface area (Å²) in [6.45, 7) is 6.03. The Morgan fingerprint density at radius 3 is 2.38 bits per heavy atom. The van der Waals surface area contributed by atoms with Crippen LogP contribution >= 0.6 is 0 Å². The van der Waals surface area contributed by atoms with Gasteiger partial charge in [-0.2, -0.15) is 0 Å². The molecule has 0 amide bonds. The zero-order valence-electron chi connectivity index (χ0n) is 14.2. The number of rotatable bonds is 7. The first-order valence-electron chi connectivity index (χ1n) is 7.89. The molecule has 3 N–H and O–H groups in total. The van der Waals surface area contributed by atoms with Crippen molar-refractivity contribution in [3.05, 3.63) is 53.6 Å². The highest BCUT2D eigenvalue weighted by atomic mass is 32.2. The molecule has 0 aliphatic carbocycles. The molecule has 0 aliphatic heterocycles. The van der Waals surface area contributed by atoms with Gasteiger partial charge in [0.05, 0.1) is 11.0 Å².